The van der Waals surface area contributed by atoms with Gasteiger partial charge >= 0.3 is 0 Å². The number of aromatic nitrogens is 2. The summed E-state index contributed by atoms with van der Waals surface area (Å²) < 4.78 is 5.44. The van der Waals surface area contributed by atoms with Crippen molar-refractivity contribution < 1.29 is 19.1 Å². The predicted octanol–water partition coefficient (Wildman–Crippen LogP) is 3.95. The highest BCUT2D eigenvalue weighted by Crippen LogP contribution is 2.32. The van der Waals surface area contributed by atoms with E-state index in [1.54, 1.807) is 36.4 Å². The fourth-order valence-electron chi connectivity index (χ4n) is 3.43. The van der Waals surface area contributed by atoms with Crippen LogP contribution >= 0.6 is 11.6 Å². The standard InChI is InChI=1S/C27H30ClN7O4/c1-16(15-34(2)3)25(37)30-17-11-12-22(39-6)21(13-17)32-27-29-14-19(28)24(33-27)31-20-10-8-7-9-18(20)23(36)26(38)35(4)5/h7-14H,1,15H2,2-6H3,(H,30,37)(H2,29,31,32,33). The zero-order chi connectivity index (χ0) is 28.7. The minimum absolute atomic E-state index is 0.161. The second kappa shape index (κ2) is 12.9. The molecule has 0 aliphatic rings. The molecule has 0 atom stereocenters. The van der Waals surface area contributed by atoms with E-state index in [1.807, 2.05) is 19.0 Å². The molecule has 0 saturated carbocycles. The zero-order valence-electron chi connectivity index (χ0n) is 22.3. The number of hydrogen-bond donors (Lipinski definition) is 3. The fraction of sp³-hybridized carbons (Fsp3) is 0.222. The van der Waals surface area contributed by atoms with Gasteiger partial charge in [0, 0.05) is 31.9 Å². The number of halogens is 1. The number of nitrogens with zero attached hydrogens (tertiary/aromatic N) is 4. The Labute approximate surface area is 231 Å². The van der Waals surface area contributed by atoms with E-state index in [4.69, 9.17) is 16.3 Å². The molecule has 1 aromatic heterocycles. The summed E-state index contributed by atoms with van der Waals surface area (Å²) in [6.45, 7) is 4.24. The molecule has 0 aliphatic heterocycles. The van der Waals surface area contributed by atoms with E-state index in [0.717, 1.165) is 0 Å². The van der Waals surface area contributed by atoms with Crippen LogP contribution in [0.15, 0.2) is 60.8 Å². The van der Waals surface area contributed by atoms with E-state index in [2.05, 4.69) is 32.5 Å². The van der Waals surface area contributed by atoms with Crippen molar-refractivity contribution in [2.24, 2.45) is 0 Å². The molecule has 0 aliphatic carbocycles. The number of Topliss-reactive ketones (excluding diaryl/α,β-unsaturated/α-hetero) is 1. The quantitative estimate of drug-likeness (QED) is 0.184. The maximum atomic E-state index is 12.7. The Balaban J connectivity index is 1.86. The van der Waals surface area contributed by atoms with Gasteiger partial charge in [0.25, 0.3) is 17.6 Å². The Kier molecular flexibility index (Phi) is 9.58. The maximum absolute atomic E-state index is 12.7. The first kappa shape index (κ1) is 29.1. The topological polar surface area (TPSA) is 129 Å². The summed E-state index contributed by atoms with van der Waals surface area (Å²) in [7, 11) is 8.22. The van der Waals surface area contributed by atoms with Crippen LogP contribution < -0.4 is 20.7 Å². The second-order valence-electron chi connectivity index (χ2n) is 8.92. The SMILES string of the molecule is C=C(CN(C)C)C(=O)Nc1ccc(OC)c(Nc2ncc(Cl)c(Nc3ccccc3C(=O)C(=O)N(C)C)n2)c1. The minimum Gasteiger partial charge on any atom is -0.495 e. The largest absolute Gasteiger partial charge is 0.495 e. The number of para-hydroxylation sites is 1. The molecule has 0 unspecified atom stereocenters. The zero-order valence-corrected chi connectivity index (χ0v) is 23.1. The Bertz CT molecular complexity index is 1410. The third-order valence-electron chi connectivity index (χ3n) is 5.30. The first-order valence-electron chi connectivity index (χ1n) is 11.7. The van der Waals surface area contributed by atoms with Gasteiger partial charge in [-0.3, -0.25) is 14.4 Å². The Morgan fingerprint density at radius 2 is 1.74 bits per heavy atom. The van der Waals surface area contributed by atoms with E-state index < -0.39 is 11.7 Å². The van der Waals surface area contributed by atoms with Gasteiger partial charge in [-0.2, -0.15) is 4.98 Å². The van der Waals surface area contributed by atoms with Crippen LogP contribution in [0.4, 0.5) is 28.8 Å². The number of anilines is 5. The van der Waals surface area contributed by atoms with Gasteiger partial charge in [-0.05, 0) is 44.4 Å². The molecule has 3 aromatic rings. The summed E-state index contributed by atoms with van der Waals surface area (Å²) >= 11 is 6.34. The number of likely N-dealkylation sites (N-methyl/N-ethyl adjacent to an activating group) is 2. The van der Waals surface area contributed by atoms with Crippen molar-refractivity contribution in [3.63, 3.8) is 0 Å². The van der Waals surface area contributed by atoms with Crippen LogP contribution in [0.1, 0.15) is 10.4 Å². The predicted molar refractivity (Wildman–Crippen MR) is 152 cm³/mol. The Morgan fingerprint density at radius 3 is 2.41 bits per heavy atom. The number of carbonyl (C=O) groups excluding carboxylic acids is 3. The van der Waals surface area contributed by atoms with E-state index in [-0.39, 0.29) is 28.3 Å². The first-order valence-corrected chi connectivity index (χ1v) is 12.1. The summed E-state index contributed by atoms with van der Waals surface area (Å²) in [4.78, 5) is 49.2. The van der Waals surface area contributed by atoms with Crippen LogP contribution in [-0.4, -0.2) is 79.2 Å². The molecule has 39 heavy (non-hydrogen) atoms. The van der Waals surface area contributed by atoms with E-state index in [0.29, 0.717) is 34.9 Å². The van der Waals surface area contributed by atoms with Crippen molar-refractivity contribution in [3.05, 3.63) is 71.4 Å². The molecule has 2 aromatic carbocycles. The molecule has 0 spiro atoms. The van der Waals surface area contributed by atoms with Crippen molar-refractivity contribution in [3.8, 4) is 5.75 Å². The number of carbonyl (C=O) groups is 3. The highest BCUT2D eigenvalue weighted by molar-refractivity contribution is 6.43. The number of hydrogen-bond acceptors (Lipinski definition) is 9. The molecule has 204 valence electrons. The molecule has 2 amide bonds. The highest BCUT2D eigenvalue weighted by Gasteiger charge is 2.22. The molecule has 0 fully saturated rings. The molecule has 0 radical (unpaired) electrons. The molecular formula is C27H30ClN7O4. The van der Waals surface area contributed by atoms with Crippen LogP contribution in [0.25, 0.3) is 0 Å². The summed E-state index contributed by atoms with van der Waals surface area (Å²) in [6.07, 6.45) is 1.39. The number of benzene rings is 2. The van der Waals surface area contributed by atoms with Crippen LogP contribution in [-0.2, 0) is 9.59 Å². The first-order chi connectivity index (χ1) is 18.5. The molecule has 0 bridgehead atoms. The van der Waals surface area contributed by atoms with Crippen molar-refractivity contribution in [1.29, 1.82) is 0 Å². The van der Waals surface area contributed by atoms with Gasteiger partial charge in [0.1, 0.15) is 10.8 Å². The van der Waals surface area contributed by atoms with Gasteiger partial charge < -0.3 is 30.5 Å². The smallest absolute Gasteiger partial charge is 0.294 e. The lowest BCUT2D eigenvalue weighted by atomic mass is 10.1. The van der Waals surface area contributed by atoms with Crippen LogP contribution in [0.5, 0.6) is 5.75 Å². The van der Waals surface area contributed by atoms with Gasteiger partial charge in [0.15, 0.2) is 5.82 Å². The molecule has 3 N–H and O–H groups in total. The summed E-state index contributed by atoms with van der Waals surface area (Å²) in [5, 5.41) is 9.09. The van der Waals surface area contributed by atoms with Gasteiger partial charge in [0.05, 0.1) is 30.2 Å². The van der Waals surface area contributed by atoms with Crippen molar-refractivity contribution in [2.45, 2.75) is 0 Å². The van der Waals surface area contributed by atoms with Crippen molar-refractivity contribution in [2.75, 3.05) is 57.8 Å². The number of methoxy groups -OCH3 is 1. The molecular weight excluding hydrogens is 522 g/mol. The molecule has 11 nitrogen and oxygen atoms in total. The lowest BCUT2D eigenvalue weighted by molar-refractivity contribution is -0.124. The summed E-state index contributed by atoms with van der Waals surface area (Å²) in [5.74, 6) is -0.807. The number of ketones is 1. The number of amides is 2. The monoisotopic (exact) mass is 551 g/mol. The number of nitrogens with one attached hydrogen (secondary N) is 3. The van der Waals surface area contributed by atoms with Gasteiger partial charge in [-0.15, -0.1) is 0 Å². The average molecular weight is 552 g/mol. The fourth-order valence-corrected chi connectivity index (χ4v) is 3.57. The van der Waals surface area contributed by atoms with Gasteiger partial charge in [0.2, 0.25) is 5.95 Å². The Morgan fingerprint density at radius 1 is 1.03 bits per heavy atom. The highest BCUT2D eigenvalue weighted by atomic mass is 35.5. The normalized spacial score (nSPS) is 10.5. The maximum Gasteiger partial charge on any atom is 0.294 e. The molecule has 1 heterocycles. The van der Waals surface area contributed by atoms with E-state index in [1.165, 1.54) is 38.4 Å². The lowest BCUT2D eigenvalue weighted by Crippen LogP contribution is -2.30. The van der Waals surface area contributed by atoms with E-state index in [9.17, 15) is 14.4 Å². The number of rotatable bonds is 11. The number of ether oxygens (including phenoxy) is 1. The molecule has 12 heteroatoms. The molecule has 3 rings (SSSR count). The molecule has 0 saturated heterocycles. The van der Waals surface area contributed by atoms with Gasteiger partial charge in [-0.25, -0.2) is 4.98 Å². The minimum atomic E-state index is -0.677. The van der Waals surface area contributed by atoms with Gasteiger partial charge in [-0.1, -0.05) is 30.3 Å². The van der Waals surface area contributed by atoms with Crippen LogP contribution in [0, 0.1) is 0 Å². The second-order valence-corrected chi connectivity index (χ2v) is 9.33. The average Bonchev–Trinajstić information content (AvgIpc) is 2.89. The third-order valence-corrected chi connectivity index (χ3v) is 5.58. The lowest BCUT2D eigenvalue weighted by Gasteiger charge is -2.16. The summed E-state index contributed by atoms with van der Waals surface area (Å²) in [5.41, 5.74) is 1.92. The van der Waals surface area contributed by atoms with Crippen LogP contribution in [0.3, 0.4) is 0 Å². The third kappa shape index (κ3) is 7.53. The van der Waals surface area contributed by atoms with Crippen LogP contribution in [0.2, 0.25) is 5.02 Å². The Hall–Kier alpha value is -4.48. The summed E-state index contributed by atoms with van der Waals surface area (Å²) in [6, 6.07) is 11.6. The van der Waals surface area contributed by atoms with E-state index >= 15 is 0 Å². The van der Waals surface area contributed by atoms with Crippen molar-refractivity contribution in [1.82, 2.24) is 19.8 Å². The van der Waals surface area contributed by atoms with Crippen molar-refractivity contribution >= 4 is 58.0 Å².